The monoisotopic (exact) mass is 486 g/mol. The third-order valence-corrected chi connectivity index (χ3v) is 5.49. The Morgan fingerprint density at radius 2 is 1.69 bits per heavy atom. The Morgan fingerprint density at radius 3 is 2.14 bits per heavy atom. The Kier molecular flexibility index (Phi) is 9.32. The van der Waals surface area contributed by atoms with Crippen molar-refractivity contribution in [1.82, 2.24) is 5.32 Å². The van der Waals surface area contributed by atoms with Crippen LogP contribution < -0.4 is 10.2 Å². The number of benzene rings is 2. The minimum Gasteiger partial charge on any atom is -0.387 e. The van der Waals surface area contributed by atoms with E-state index in [1.807, 2.05) is 6.07 Å². The van der Waals surface area contributed by atoms with Gasteiger partial charge >= 0.3 is 6.18 Å². The number of allylic oxidation sites excluding steroid dienone is 2. The second-order valence-corrected chi connectivity index (χ2v) is 7.96. The third kappa shape index (κ3) is 6.55. The van der Waals surface area contributed by atoms with Crippen LogP contribution in [-0.2, 0) is 0 Å². The van der Waals surface area contributed by atoms with Gasteiger partial charge in [0.05, 0.1) is 17.4 Å². The van der Waals surface area contributed by atoms with Crippen LogP contribution in [0.25, 0.3) is 11.1 Å². The summed E-state index contributed by atoms with van der Waals surface area (Å²) in [4.78, 5) is 1.66. The molecule has 0 saturated carbocycles. The second kappa shape index (κ2) is 11.8. The average Bonchev–Trinajstić information content (AvgIpc) is 3.24. The number of hydrogen-bond donors (Lipinski definition) is 2. The maximum Gasteiger partial charge on any atom is 0.416 e. The highest BCUT2D eigenvalue weighted by Crippen LogP contribution is 2.37. The van der Waals surface area contributed by atoms with Gasteiger partial charge in [-0.15, -0.1) is 12.3 Å². The largest absolute Gasteiger partial charge is 0.416 e. The fourth-order valence-electron chi connectivity index (χ4n) is 3.72. The highest BCUT2D eigenvalue weighted by Gasteiger charge is 2.40. The molecule has 2 aromatic carbocycles. The number of nitrogens with zero attached hydrogens (tertiary/aromatic N) is 1. The van der Waals surface area contributed by atoms with E-state index in [4.69, 9.17) is 0 Å². The highest BCUT2D eigenvalue weighted by molar-refractivity contribution is 5.68. The maximum absolute atomic E-state index is 13.9. The minimum absolute atomic E-state index is 0.0524. The highest BCUT2D eigenvalue weighted by atomic mass is 19.4. The predicted octanol–water partition coefficient (Wildman–Crippen LogP) is 6.85. The first-order valence-electron chi connectivity index (χ1n) is 11.1. The van der Waals surface area contributed by atoms with Crippen LogP contribution in [-0.4, -0.2) is 23.6 Å². The molecule has 0 aromatic heterocycles. The van der Waals surface area contributed by atoms with Gasteiger partial charge in [-0.25, -0.2) is 4.39 Å². The van der Waals surface area contributed by atoms with Crippen molar-refractivity contribution in [3.8, 4) is 23.5 Å². The van der Waals surface area contributed by atoms with Crippen LogP contribution in [0.4, 0.5) is 23.2 Å². The average molecular weight is 487 g/mol. The Morgan fingerprint density at radius 1 is 1.11 bits per heavy atom. The number of nitrogens with one attached hydrogen (secondary N) is 1. The summed E-state index contributed by atoms with van der Waals surface area (Å²) in [6.07, 6.45) is 2.44. The molecule has 7 heteroatoms. The summed E-state index contributed by atoms with van der Waals surface area (Å²) >= 11 is 0. The van der Waals surface area contributed by atoms with Gasteiger partial charge in [0, 0.05) is 17.5 Å². The van der Waals surface area contributed by atoms with Crippen molar-refractivity contribution in [3.63, 3.8) is 0 Å². The van der Waals surface area contributed by atoms with Gasteiger partial charge in [-0.2, -0.15) is 13.2 Å². The van der Waals surface area contributed by atoms with E-state index < -0.39 is 24.0 Å². The Labute approximate surface area is 204 Å². The molecule has 0 fully saturated rings. The molecule has 0 bridgehead atoms. The number of alkyl halides is 3. The fraction of sp³-hybridized carbons (Fsp3) is 0.286. The zero-order valence-corrected chi connectivity index (χ0v) is 20.4. The van der Waals surface area contributed by atoms with Crippen LogP contribution in [0, 0.1) is 25.1 Å². The number of anilines is 1. The van der Waals surface area contributed by atoms with E-state index >= 15 is 0 Å². The molecule has 0 saturated heterocycles. The number of rotatable bonds is 5. The van der Waals surface area contributed by atoms with Gasteiger partial charge in [0.2, 0.25) is 0 Å². The molecule has 0 spiro atoms. The van der Waals surface area contributed by atoms with Gasteiger partial charge < -0.3 is 15.3 Å². The number of aliphatic hydroxyl groups is 1. The first-order chi connectivity index (χ1) is 16.5. The molecule has 2 atom stereocenters. The summed E-state index contributed by atoms with van der Waals surface area (Å²) in [6.45, 7) is 7.79. The van der Waals surface area contributed by atoms with Crippen molar-refractivity contribution in [2.75, 3.05) is 4.90 Å². The summed E-state index contributed by atoms with van der Waals surface area (Å²) in [5.41, 5.74) is 2.40. The van der Waals surface area contributed by atoms with Gasteiger partial charge in [0.15, 0.2) is 0 Å². The first kappa shape index (κ1) is 27.7. The zero-order valence-electron chi connectivity index (χ0n) is 20.4. The molecule has 0 radical (unpaired) electrons. The van der Waals surface area contributed by atoms with E-state index in [0.717, 1.165) is 11.6 Å². The molecule has 1 aliphatic heterocycles. The van der Waals surface area contributed by atoms with Crippen LogP contribution >= 0.6 is 0 Å². The zero-order chi connectivity index (χ0) is 26.3. The van der Waals surface area contributed by atoms with Crippen molar-refractivity contribution in [2.24, 2.45) is 0 Å². The van der Waals surface area contributed by atoms with Gasteiger partial charge in [-0.3, -0.25) is 0 Å². The van der Waals surface area contributed by atoms with E-state index in [1.165, 1.54) is 19.1 Å². The molecule has 2 N–H and O–H groups in total. The quantitative estimate of drug-likeness (QED) is 0.276. The second-order valence-electron chi connectivity index (χ2n) is 7.96. The van der Waals surface area contributed by atoms with Gasteiger partial charge in [-0.1, -0.05) is 36.4 Å². The van der Waals surface area contributed by atoms with Gasteiger partial charge in [0.1, 0.15) is 12.0 Å². The van der Waals surface area contributed by atoms with Gasteiger partial charge in [-0.05, 0) is 69.5 Å². The van der Waals surface area contributed by atoms with Crippen LogP contribution in [0.2, 0.25) is 0 Å². The Hall–Kier alpha value is -3.50. The topological polar surface area (TPSA) is 35.5 Å². The molecule has 3 rings (SSSR count). The normalized spacial score (nSPS) is 17.1. The third-order valence-electron chi connectivity index (χ3n) is 5.49. The lowest BCUT2D eigenvalue weighted by Crippen LogP contribution is -2.41. The Balaban J connectivity index is 0.00000137. The summed E-state index contributed by atoms with van der Waals surface area (Å²) in [5.74, 6) is 1.95. The van der Waals surface area contributed by atoms with E-state index in [9.17, 15) is 22.7 Å². The van der Waals surface area contributed by atoms with Crippen molar-refractivity contribution >= 4 is 5.69 Å². The number of aryl methyl sites for hydroxylation is 1. The van der Waals surface area contributed by atoms with E-state index in [1.54, 1.807) is 69.1 Å². The number of halogens is 4. The number of hydrogen-bond acceptors (Lipinski definition) is 3. The molecular formula is C28H30F4N2O. The molecule has 2 aromatic rings. The molecule has 0 aliphatic carbocycles. The summed E-state index contributed by atoms with van der Waals surface area (Å²) in [7, 11) is 0. The lowest BCUT2D eigenvalue weighted by Gasteiger charge is -2.30. The molecular weight excluding hydrogens is 456 g/mol. The molecule has 35 heavy (non-hydrogen) atoms. The standard InChI is InChI=1S/C25H26F4N2O.C3H4/c1-5-20(21(6-2)25(27,28)29)24-30-23(16(4)32)14-31(24)19-11-9-17(10-12-19)18-8-7-15(3)22(26)13-18;1-3-2/h5-14,16,24,30,32H,1-4H3;1H,2H3/b20-5+,21-6+;. The lowest BCUT2D eigenvalue weighted by molar-refractivity contribution is -0.0899. The fourth-order valence-corrected chi connectivity index (χ4v) is 3.72. The van der Waals surface area contributed by atoms with Crippen LogP contribution in [0.15, 0.2) is 77.7 Å². The molecule has 0 amide bonds. The summed E-state index contributed by atoms with van der Waals surface area (Å²) in [5, 5.41) is 13.1. The van der Waals surface area contributed by atoms with E-state index in [2.05, 4.69) is 17.7 Å². The number of aliphatic hydroxyl groups excluding tert-OH is 1. The van der Waals surface area contributed by atoms with Crippen LogP contribution in [0.3, 0.4) is 0 Å². The SMILES string of the molecule is C#CC.C/C=C(\C(=C/C)C(F)(F)F)C1NC(C(C)O)=CN1c1ccc(-c2ccc(C)c(F)c2)cc1. The van der Waals surface area contributed by atoms with Crippen molar-refractivity contribution < 1.29 is 22.7 Å². The van der Waals surface area contributed by atoms with Crippen molar-refractivity contribution in [2.45, 2.75) is 53.1 Å². The first-order valence-corrected chi connectivity index (χ1v) is 11.1. The molecule has 1 heterocycles. The molecule has 1 aliphatic rings. The van der Waals surface area contributed by atoms with Crippen LogP contribution in [0.5, 0.6) is 0 Å². The summed E-state index contributed by atoms with van der Waals surface area (Å²) < 4.78 is 54.9. The lowest BCUT2D eigenvalue weighted by atomic mass is 10.0. The smallest absolute Gasteiger partial charge is 0.387 e. The Bertz CT molecular complexity index is 1150. The van der Waals surface area contributed by atoms with E-state index in [-0.39, 0.29) is 11.4 Å². The molecule has 2 unspecified atom stereocenters. The molecule has 3 nitrogen and oxygen atoms in total. The summed E-state index contributed by atoms with van der Waals surface area (Å²) in [6, 6.07) is 12.1. The minimum atomic E-state index is -4.52. The molecule has 186 valence electrons. The van der Waals surface area contributed by atoms with Crippen molar-refractivity contribution in [1.29, 1.82) is 0 Å². The van der Waals surface area contributed by atoms with Crippen molar-refractivity contribution in [3.05, 3.63) is 89.0 Å². The predicted molar refractivity (Wildman–Crippen MR) is 134 cm³/mol. The van der Waals surface area contributed by atoms with Gasteiger partial charge in [0.25, 0.3) is 0 Å². The van der Waals surface area contributed by atoms with Crippen LogP contribution in [0.1, 0.15) is 33.3 Å². The maximum atomic E-state index is 13.9. The number of terminal acetylenes is 1. The van der Waals surface area contributed by atoms with E-state index in [0.29, 0.717) is 22.5 Å².